The van der Waals surface area contributed by atoms with Gasteiger partial charge in [-0.25, -0.2) is 15.0 Å². The fraction of sp³-hybridized carbons (Fsp3) is 0.500. The van der Waals surface area contributed by atoms with Crippen LogP contribution in [0.3, 0.4) is 0 Å². The average molecular weight is 318 g/mol. The third kappa shape index (κ3) is 3.68. The molecule has 2 rings (SSSR count). The molecule has 2 aromatic heterocycles. The fourth-order valence-electron chi connectivity index (χ4n) is 1.97. The van der Waals surface area contributed by atoms with Crippen LogP contribution in [0.2, 0.25) is 0 Å². The van der Waals surface area contributed by atoms with Crippen molar-refractivity contribution in [3.05, 3.63) is 39.4 Å². The summed E-state index contributed by atoms with van der Waals surface area (Å²) in [7, 11) is 0. The van der Waals surface area contributed by atoms with Crippen molar-refractivity contribution >= 4 is 17.2 Å². The Labute approximate surface area is 135 Å². The maximum Gasteiger partial charge on any atom is 0.255 e. The molecule has 118 valence electrons. The second kappa shape index (κ2) is 6.12. The van der Waals surface area contributed by atoms with Crippen molar-refractivity contribution in [2.75, 3.05) is 0 Å². The zero-order valence-corrected chi connectivity index (χ0v) is 14.7. The number of nitrogens with zero attached hydrogens (tertiary/aromatic N) is 3. The summed E-state index contributed by atoms with van der Waals surface area (Å²) in [6, 6.07) is -0.144. The average Bonchev–Trinajstić information content (AvgIpc) is 2.87. The second-order valence-corrected chi connectivity index (χ2v) is 7.32. The van der Waals surface area contributed by atoms with E-state index in [-0.39, 0.29) is 17.4 Å². The molecule has 1 unspecified atom stereocenters. The number of aromatic nitrogens is 3. The lowest BCUT2D eigenvalue weighted by Gasteiger charge is -2.15. The summed E-state index contributed by atoms with van der Waals surface area (Å²) in [5, 5.41) is 5.93. The fourth-order valence-corrected chi connectivity index (χ4v) is 3.03. The molecule has 0 radical (unpaired) electrons. The number of aryl methyl sites for hydroxylation is 2. The van der Waals surface area contributed by atoms with Crippen molar-refractivity contribution in [1.82, 2.24) is 20.3 Å². The van der Waals surface area contributed by atoms with E-state index >= 15 is 0 Å². The Morgan fingerprint density at radius 3 is 2.50 bits per heavy atom. The zero-order valence-electron chi connectivity index (χ0n) is 13.9. The molecule has 5 nitrogen and oxygen atoms in total. The van der Waals surface area contributed by atoms with Crippen LogP contribution in [0.4, 0.5) is 0 Å². The minimum atomic E-state index is -0.169. The lowest BCUT2D eigenvalue weighted by molar-refractivity contribution is 0.0938. The number of amides is 1. The van der Waals surface area contributed by atoms with Gasteiger partial charge in [-0.15, -0.1) is 11.3 Å². The lowest BCUT2D eigenvalue weighted by atomic mass is 9.93. The molecule has 0 fully saturated rings. The number of carbonyl (C=O) groups is 1. The van der Waals surface area contributed by atoms with Crippen LogP contribution >= 0.6 is 11.3 Å². The van der Waals surface area contributed by atoms with Gasteiger partial charge in [-0.1, -0.05) is 20.8 Å². The van der Waals surface area contributed by atoms with Gasteiger partial charge < -0.3 is 5.32 Å². The first-order valence-electron chi connectivity index (χ1n) is 7.25. The molecule has 1 atom stereocenters. The molecule has 0 saturated heterocycles. The first kappa shape index (κ1) is 16.5. The number of thiazole rings is 1. The highest BCUT2D eigenvalue weighted by Crippen LogP contribution is 2.26. The highest BCUT2D eigenvalue weighted by molar-refractivity contribution is 7.09. The topological polar surface area (TPSA) is 67.8 Å². The Bertz CT molecular complexity index is 688. The summed E-state index contributed by atoms with van der Waals surface area (Å²) in [6.45, 7) is 11.9. The van der Waals surface area contributed by atoms with Crippen LogP contribution in [0.15, 0.2) is 11.6 Å². The molecule has 1 amide bonds. The Hall–Kier alpha value is -1.82. The molecule has 6 heteroatoms. The van der Waals surface area contributed by atoms with Gasteiger partial charge in [-0.05, 0) is 20.8 Å². The van der Waals surface area contributed by atoms with Crippen LogP contribution in [-0.4, -0.2) is 20.9 Å². The van der Waals surface area contributed by atoms with Crippen molar-refractivity contribution in [3.63, 3.8) is 0 Å². The molecule has 0 bridgehead atoms. The number of hydrogen-bond acceptors (Lipinski definition) is 5. The molecule has 0 spiro atoms. The number of hydrogen-bond donors (Lipinski definition) is 1. The van der Waals surface area contributed by atoms with E-state index in [0.717, 1.165) is 10.7 Å². The molecule has 22 heavy (non-hydrogen) atoms. The van der Waals surface area contributed by atoms with Gasteiger partial charge in [-0.3, -0.25) is 4.79 Å². The number of carbonyl (C=O) groups excluding carboxylic acids is 1. The van der Waals surface area contributed by atoms with Crippen LogP contribution in [0.5, 0.6) is 0 Å². The van der Waals surface area contributed by atoms with Gasteiger partial charge in [0, 0.05) is 17.0 Å². The van der Waals surface area contributed by atoms with Crippen LogP contribution < -0.4 is 5.32 Å². The van der Waals surface area contributed by atoms with E-state index in [1.807, 2.05) is 13.8 Å². The summed E-state index contributed by atoms with van der Waals surface area (Å²) in [6.07, 6.45) is 1.57. The van der Waals surface area contributed by atoms with Gasteiger partial charge in [0.15, 0.2) is 0 Å². The molecule has 2 aromatic rings. The monoisotopic (exact) mass is 318 g/mol. The van der Waals surface area contributed by atoms with Gasteiger partial charge >= 0.3 is 0 Å². The number of nitrogens with one attached hydrogen (secondary N) is 1. The summed E-state index contributed by atoms with van der Waals surface area (Å²) < 4.78 is 0. The third-order valence-electron chi connectivity index (χ3n) is 3.35. The highest BCUT2D eigenvalue weighted by Gasteiger charge is 2.21. The SMILES string of the molecule is Cc1ncc(C(=O)NC(C)c2nc(C(C)(C)C)cs2)c(C)n1. The molecular weight excluding hydrogens is 296 g/mol. The normalized spacial score (nSPS) is 13.0. The predicted molar refractivity (Wildman–Crippen MR) is 88.2 cm³/mol. The van der Waals surface area contributed by atoms with Crippen molar-refractivity contribution in [1.29, 1.82) is 0 Å². The lowest BCUT2D eigenvalue weighted by Crippen LogP contribution is -2.28. The summed E-state index contributed by atoms with van der Waals surface area (Å²) in [4.78, 5) is 25.3. The largest absolute Gasteiger partial charge is 0.343 e. The van der Waals surface area contributed by atoms with Crippen molar-refractivity contribution in [2.45, 2.75) is 53.0 Å². The Morgan fingerprint density at radius 1 is 1.27 bits per heavy atom. The van der Waals surface area contributed by atoms with E-state index in [4.69, 9.17) is 0 Å². The van der Waals surface area contributed by atoms with E-state index < -0.39 is 0 Å². The predicted octanol–water partition coefficient (Wildman–Crippen LogP) is 3.34. The molecule has 0 aromatic carbocycles. The quantitative estimate of drug-likeness (QED) is 0.942. The smallest absolute Gasteiger partial charge is 0.255 e. The minimum absolute atomic E-state index is 0.0138. The Kier molecular flexibility index (Phi) is 4.60. The van der Waals surface area contributed by atoms with Gasteiger partial charge in [0.1, 0.15) is 10.8 Å². The molecule has 1 N–H and O–H groups in total. The van der Waals surface area contributed by atoms with Gasteiger partial charge in [-0.2, -0.15) is 0 Å². The van der Waals surface area contributed by atoms with Crippen LogP contribution in [-0.2, 0) is 5.41 Å². The van der Waals surface area contributed by atoms with Crippen molar-refractivity contribution < 1.29 is 4.79 Å². The van der Waals surface area contributed by atoms with Crippen LogP contribution in [0, 0.1) is 13.8 Å². The van der Waals surface area contributed by atoms with Gasteiger partial charge in [0.2, 0.25) is 0 Å². The molecule has 0 aliphatic rings. The maximum absolute atomic E-state index is 12.3. The Balaban J connectivity index is 2.13. The molecule has 0 saturated carbocycles. The van der Waals surface area contributed by atoms with Gasteiger partial charge in [0.25, 0.3) is 5.91 Å². The summed E-state index contributed by atoms with van der Waals surface area (Å²) in [5.41, 5.74) is 2.25. The second-order valence-electron chi connectivity index (χ2n) is 6.43. The summed E-state index contributed by atoms with van der Waals surface area (Å²) in [5.74, 6) is 0.495. The van der Waals surface area contributed by atoms with E-state index in [1.165, 1.54) is 0 Å². The van der Waals surface area contributed by atoms with E-state index in [9.17, 15) is 4.79 Å². The van der Waals surface area contributed by atoms with Crippen LogP contribution in [0.1, 0.15) is 66.3 Å². The van der Waals surface area contributed by atoms with E-state index in [1.54, 1.807) is 24.5 Å². The molecular formula is C16H22N4OS. The summed E-state index contributed by atoms with van der Waals surface area (Å²) >= 11 is 1.57. The molecule has 0 aliphatic carbocycles. The maximum atomic E-state index is 12.3. The van der Waals surface area contributed by atoms with Crippen molar-refractivity contribution in [3.8, 4) is 0 Å². The molecule has 0 aliphatic heterocycles. The number of rotatable bonds is 3. The van der Waals surface area contributed by atoms with Crippen LogP contribution in [0.25, 0.3) is 0 Å². The first-order valence-corrected chi connectivity index (χ1v) is 8.13. The van der Waals surface area contributed by atoms with E-state index in [0.29, 0.717) is 17.1 Å². The van der Waals surface area contributed by atoms with Gasteiger partial charge in [0.05, 0.1) is 23.0 Å². The standard InChI is InChI=1S/C16H22N4OS/c1-9-12(7-17-11(3)18-9)14(21)19-10(2)15-20-13(8-22-15)16(4,5)6/h7-8,10H,1-6H3,(H,19,21). The van der Waals surface area contributed by atoms with E-state index in [2.05, 4.69) is 46.4 Å². The van der Waals surface area contributed by atoms with Crippen molar-refractivity contribution in [2.24, 2.45) is 0 Å². The minimum Gasteiger partial charge on any atom is -0.343 e. The Morgan fingerprint density at radius 2 is 1.95 bits per heavy atom. The zero-order chi connectivity index (χ0) is 16.5. The first-order chi connectivity index (χ1) is 10.2. The highest BCUT2D eigenvalue weighted by atomic mass is 32.1. The molecule has 2 heterocycles. The third-order valence-corrected chi connectivity index (χ3v) is 4.38.